The number of aromatic nitrogens is 1. The van der Waals surface area contributed by atoms with Crippen molar-refractivity contribution in [3.63, 3.8) is 0 Å². The number of ether oxygens (including phenoxy) is 1. The standard InChI is InChI=1S/C17H20N2OS/c1-12-15-8-14(20-3)4-5-16(15)18-17(12)10-19(2)9-13-6-7-21-11-13/h4-8,11,18H,9-10H2,1-3H3. The van der Waals surface area contributed by atoms with E-state index in [2.05, 4.69) is 52.8 Å². The topological polar surface area (TPSA) is 28.3 Å². The Morgan fingerprint density at radius 1 is 1.24 bits per heavy atom. The predicted octanol–water partition coefficient (Wildman–Crippen LogP) is 4.18. The number of thiophene rings is 1. The average molecular weight is 300 g/mol. The number of hydrogen-bond donors (Lipinski definition) is 1. The van der Waals surface area contributed by atoms with E-state index in [9.17, 15) is 0 Å². The summed E-state index contributed by atoms with van der Waals surface area (Å²) in [5, 5.41) is 5.58. The largest absolute Gasteiger partial charge is 0.497 e. The highest BCUT2D eigenvalue weighted by atomic mass is 32.1. The summed E-state index contributed by atoms with van der Waals surface area (Å²) in [7, 11) is 3.86. The van der Waals surface area contributed by atoms with Gasteiger partial charge in [0, 0.05) is 29.7 Å². The Balaban J connectivity index is 1.82. The number of aryl methyl sites for hydroxylation is 1. The zero-order valence-corrected chi connectivity index (χ0v) is 13.5. The molecule has 3 aromatic rings. The van der Waals surface area contributed by atoms with Gasteiger partial charge in [0.25, 0.3) is 0 Å². The van der Waals surface area contributed by atoms with Gasteiger partial charge < -0.3 is 9.72 Å². The SMILES string of the molecule is COc1ccc2[nH]c(CN(C)Cc3ccsc3)c(C)c2c1. The van der Waals surface area contributed by atoms with Crippen molar-refractivity contribution in [1.82, 2.24) is 9.88 Å². The maximum absolute atomic E-state index is 5.31. The lowest BCUT2D eigenvalue weighted by Crippen LogP contribution is -2.17. The Hall–Kier alpha value is -1.78. The maximum atomic E-state index is 5.31. The molecule has 0 spiro atoms. The summed E-state index contributed by atoms with van der Waals surface area (Å²) in [6.45, 7) is 4.06. The van der Waals surface area contributed by atoms with E-state index in [0.29, 0.717) is 0 Å². The van der Waals surface area contributed by atoms with E-state index < -0.39 is 0 Å². The number of hydrogen-bond acceptors (Lipinski definition) is 3. The molecule has 0 aliphatic rings. The Kier molecular flexibility index (Phi) is 3.99. The van der Waals surface area contributed by atoms with Gasteiger partial charge in [-0.15, -0.1) is 0 Å². The van der Waals surface area contributed by atoms with Crippen LogP contribution in [0.3, 0.4) is 0 Å². The van der Waals surface area contributed by atoms with Gasteiger partial charge in [-0.25, -0.2) is 0 Å². The highest BCUT2D eigenvalue weighted by Crippen LogP contribution is 2.26. The molecule has 0 atom stereocenters. The van der Waals surface area contributed by atoms with Crippen LogP contribution in [0.1, 0.15) is 16.8 Å². The third kappa shape index (κ3) is 2.96. The van der Waals surface area contributed by atoms with Gasteiger partial charge in [-0.2, -0.15) is 11.3 Å². The van der Waals surface area contributed by atoms with E-state index in [-0.39, 0.29) is 0 Å². The average Bonchev–Trinajstić information content (AvgIpc) is 3.08. The van der Waals surface area contributed by atoms with Crippen LogP contribution in [0.5, 0.6) is 5.75 Å². The second-order valence-corrected chi connectivity index (χ2v) is 6.22. The molecule has 4 heteroatoms. The van der Waals surface area contributed by atoms with Crippen LogP contribution < -0.4 is 4.74 Å². The zero-order valence-electron chi connectivity index (χ0n) is 12.6. The van der Waals surface area contributed by atoms with Crippen LogP contribution in [0.4, 0.5) is 0 Å². The lowest BCUT2D eigenvalue weighted by Gasteiger charge is -2.15. The zero-order chi connectivity index (χ0) is 14.8. The maximum Gasteiger partial charge on any atom is 0.119 e. The number of benzene rings is 1. The second-order valence-electron chi connectivity index (χ2n) is 5.44. The van der Waals surface area contributed by atoms with Gasteiger partial charge in [0.2, 0.25) is 0 Å². The first-order valence-corrected chi connectivity index (χ1v) is 7.96. The van der Waals surface area contributed by atoms with Gasteiger partial charge in [-0.1, -0.05) is 0 Å². The first kappa shape index (κ1) is 14.2. The fourth-order valence-electron chi connectivity index (χ4n) is 2.67. The van der Waals surface area contributed by atoms with Gasteiger partial charge in [0.15, 0.2) is 0 Å². The molecule has 0 fully saturated rings. The first-order chi connectivity index (χ1) is 10.2. The molecule has 2 aromatic heterocycles. The van der Waals surface area contributed by atoms with E-state index >= 15 is 0 Å². The smallest absolute Gasteiger partial charge is 0.119 e. The highest BCUT2D eigenvalue weighted by Gasteiger charge is 2.11. The van der Waals surface area contributed by atoms with Crippen LogP contribution >= 0.6 is 11.3 Å². The molecule has 110 valence electrons. The summed E-state index contributed by atoms with van der Waals surface area (Å²) in [4.78, 5) is 5.86. The quantitative estimate of drug-likeness (QED) is 0.765. The van der Waals surface area contributed by atoms with Crippen molar-refractivity contribution in [3.05, 3.63) is 51.8 Å². The van der Waals surface area contributed by atoms with Crippen molar-refractivity contribution in [2.45, 2.75) is 20.0 Å². The van der Waals surface area contributed by atoms with Crippen LogP contribution in [0.25, 0.3) is 10.9 Å². The van der Waals surface area contributed by atoms with E-state index in [1.54, 1.807) is 18.4 Å². The molecular formula is C17H20N2OS. The monoisotopic (exact) mass is 300 g/mol. The van der Waals surface area contributed by atoms with Crippen molar-refractivity contribution < 1.29 is 4.74 Å². The van der Waals surface area contributed by atoms with Crippen molar-refractivity contribution in [1.29, 1.82) is 0 Å². The molecule has 0 saturated carbocycles. The van der Waals surface area contributed by atoms with Crippen LogP contribution in [-0.4, -0.2) is 24.0 Å². The number of aromatic amines is 1. The van der Waals surface area contributed by atoms with Gasteiger partial charge in [0.1, 0.15) is 5.75 Å². The molecule has 3 nitrogen and oxygen atoms in total. The summed E-state index contributed by atoms with van der Waals surface area (Å²) < 4.78 is 5.31. The molecule has 0 amide bonds. The summed E-state index contributed by atoms with van der Waals surface area (Å²) >= 11 is 1.75. The number of rotatable bonds is 5. The van der Waals surface area contributed by atoms with Crippen molar-refractivity contribution in [3.8, 4) is 5.75 Å². The van der Waals surface area contributed by atoms with Gasteiger partial charge >= 0.3 is 0 Å². The molecule has 0 radical (unpaired) electrons. The lowest BCUT2D eigenvalue weighted by molar-refractivity contribution is 0.315. The minimum atomic E-state index is 0.905. The summed E-state index contributed by atoms with van der Waals surface area (Å²) in [5.74, 6) is 0.905. The van der Waals surface area contributed by atoms with Gasteiger partial charge in [-0.05, 0) is 60.1 Å². The molecule has 1 N–H and O–H groups in total. The second kappa shape index (κ2) is 5.92. The molecule has 0 aliphatic heterocycles. The van der Waals surface area contributed by atoms with Crippen molar-refractivity contribution in [2.75, 3.05) is 14.2 Å². The molecule has 0 unspecified atom stereocenters. The minimum Gasteiger partial charge on any atom is -0.497 e. The lowest BCUT2D eigenvalue weighted by atomic mass is 10.1. The van der Waals surface area contributed by atoms with Crippen molar-refractivity contribution >= 4 is 22.2 Å². The van der Waals surface area contributed by atoms with Crippen LogP contribution in [0, 0.1) is 6.92 Å². The fraction of sp³-hybridized carbons (Fsp3) is 0.294. The normalized spacial score (nSPS) is 11.4. The van der Waals surface area contributed by atoms with Crippen LogP contribution in [0.2, 0.25) is 0 Å². The Morgan fingerprint density at radius 3 is 2.81 bits per heavy atom. The van der Waals surface area contributed by atoms with E-state index in [1.807, 2.05) is 6.07 Å². The third-order valence-corrected chi connectivity index (χ3v) is 4.56. The summed E-state index contributed by atoms with van der Waals surface area (Å²) in [6, 6.07) is 8.37. The molecule has 21 heavy (non-hydrogen) atoms. The number of nitrogens with zero attached hydrogens (tertiary/aromatic N) is 1. The number of nitrogens with one attached hydrogen (secondary N) is 1. The van der Waals surface area contributed by atoms with Crippen LogP contribution in [-0.2, 0) is 13.1 Å². The summed E-state index contributed by atoms with van der Waals surface area (Å²) in [5.41, 5.74) is 5.13. The van der Waals surface area contributed by atoms with Crippen molar-refractivity contribution in [2.24, 2.45) is 0 Å². The molecule has 2 heterocycles. The molecule has 0 saturated heterocycles. The molecule has 0 bridgehead atoms. The van der Waals surface area contributed by atoms with E-state index in [1.165, 1.54) is 27.7 Å². The Labute approximate surface area is 129 Å². The highest BCUT2D eigenvalue weighted by molar-refractivity contribution is 7.07. The van der Waals surface area contributed by atoms with E-state index in [4.69, 9.17) is 4.74 Å². The number of H-pyrrole nitrogens is 1. The van der Waals surface area contributed by atoms with E-state index in [0.717, 1.165) is 18.8 Å². The molecule has 0 aliphatic carbocycles. The fourth-order valence-corrected chi connectivity index (χ4v) is 3.33. The predicted molar refractivity (Wildman–Crippen MR) is 89.1 cm³/mol. The number of methoxy groups -OCH3 is 1. The summed E-state index contributed by atoms with van der Waals surface area (Å²) in [6.07, 6.45) is 0. The van der Waals surface area contributed by atoms with Crippen LogP contribution in [0.15, 0.2) is 35.0 Å². The molecule has 3 rings (SSSR count). The minimum absolute atomic E-state index is 0.905. The first-order valence-electron chi connectivity index (χ1n) is 7.02. The Bertz CT molecular complexity index is 731. The van der Waals surface area contributed by atoms with Gasteiger partial charge in [-0.3, -0.25) is 4.90 Å². The molecule has 1 aromatic carbocycles. The third-order valence-electron chi connectivity index (χ3n) is 3.83. The van der Waals surface area contributed by atoms with Gasteiger partial charge in [0.05, 0.1) is 7.11 Å². The molecular weight excluding hydrogens is 280 g/mol. The Morgan fingerprint density at radius 2 is 2.10 bits per heavy atom. The number of fused-ring (bicyclic) bond motifs is 1.